The molecule has 0 fully saturated rings. The van der Waals surface area contributed by atoms with Gasteiger partial charge in [-0.05, 0) is 36.8 Å². The summed E-state index contributed by atoms with van der Waals surface area (Å²) in [6.45, 7) is 1.86. The summed E-state index contributed by atoms with van der Waals surface area (Å²) in [6.07, 6.45) is 0. The number of hydrogen-bond acceptors (Lipinski definition) is 2. The van der Waals surface area contributed by atoms with Crippen LogP contribution in [0.2, 0.25) is 0 Å². The van der Waals surface area contributed by atoms with Crippen LogP contribution < -0.4 is 5.73 Å². The molecule has 2 N–H and O–H groups in total. The number of nitrogens with zero attached hydrogens (tertiary/aromatic N) is 1. The Morgan fingerprint density at radius 2 is 1.72 bits per heavy atom. The molecule has 0 aliphatic carbocycles. The van der Waals surface area contributed by atoms with E-state index in [1.807, 2.05) is 43.3 Å². The van der Waals surface area contributed by atoms with Crippen LogP contribution in [-0.4, -0.2) is 0 Å². The Morgan fingerprint density at radius 3 is 2.39 bits per heavy atom. The van der Waals surface area contributed by atoms with Crippen LogP contribution >= 0.6 is 0 Å². The highest BCUT2D eigenvalue weighted by Crippen LogP contribution is 2.18. The van der Waals surface area contributed by atoms with Crippen molar-refractivity contribution in [2.24, 2.45) is 0 Å². The van der Waals surface area contributed by atoms with Crippen molar-refractivity contribution < 1.29 is 0 Å². The van der Waals surface area contributed by atoms with E-state index < -0.39 is 0 Å². The monoisotopic (exact) mass is 232 g/mol. The summed E-state index contributed by atoms with van der Waals surface area (Å²) in [4.78, 5) is 0. The van der Waals surface area contributed by atoms with Crippen molar-refractivity contribution in [3.05, 3.63) is 64.7 Å². The molecule has 2 rings (SSSR count). The minimum Gasteiger partial charge on any atom is -0.398 e. The van der Waals surface area contributed by atoms with Gasteiger partial charge in [0, 0.05) is 16.8 Å². The molecular weight excluding hydrogens is 220 g/mol. The molecule has 0 amide bonds. The molecule has 0 atom stereocenters. The predicted octanol–water partition coefficient (Wildman–Crippen LogP) is 2.85. The number of rotatable bonds is 0. The van der Waals surface area contributed by atoms with E-state index >= 15 is 0 Å². The van der Waals surface area contributed by atoms with Crippen LogP contribution in [0.5, 0.6) is 0 Å². The second-order valence-corrected chi connectivity index (χ2v) is 3.93. The van der Waals surface area contributed by atoms with E-state index in [1.54, 1.807) is 6.07 Å². The average molecular weight is 232 g/mol. The molecule has 0 saturated carbocycles. The molecule has 0 unspecified atom stereocenters. The molecule has 0 spiro atoms. The van der Waals surface area contributed by atoms with E-state index in [-0.39, 0.29) is 0 Å². The lowest BCUT2D eigenvalue weighted by molar-refractivity contribution is 1.37. The third kappa shape index (κ3) is 2.34. The summed E-state index contributed by atoms with van der Waals surface area (Å²) >= 11 is 0. The summed E-state index contributed by atoms with van der Waals surface area (Å²) < 4.78 is 0. The summed E-state index contributed by atoms with van der Waals surface area (Å²) in [7, 11) is 0. The van der Waals surface area contributed by atoms with E-state index in [0.29, 0.717) is 11.3 Å². The molecule has 0 heterocycles. The third-order valence-corrected chi connectivity index (χ3v) is 2.72. The Balaban J connectivity index is 2.44. The van der Waals surface area contributed by atoms with Gasteiger partial charge in [0.15, 0.2) is 0 Å². The zero-order valence-corrected chi connectivity index (χ0v) is 10.1. The van der Waals surface area contributed by atoms with Gasteiger partial charge in [-0.2, -0.15) is 5.26 Å². The second kappa shape index (κ2) is 5.08. The lowest BCUT2D eigenvalue weighted by atomic mass is 10.0. The molecule has 0 saturated heterocycles. The molecule has 0 aliphatic heterocycles. The van der Waals surface area contributed by atoms with Crippen LogP contribution in [0.25, 0.3) is 0 Å². The number of nitrogen functional groups attached to an aromatic ring is 1. The minimum absolute atomic E-state index is 0.500. The number of anilines is 1. The fraction of sp³-hybridized carbons (Fsp3) is 0.0625. The van der Waals surface area contributed by atoms with Crippen molar-refractivity contribution in [3.63, 3.8) is 0 Å². The van der Waals surface area contributed by atoms with Crippen LogP contribution in [0, 0.1) is 30.1 Å². The van der Waals surface area contributed by atoms with E-state index in [2.05, 4.69) is 17.9 Å². The van der Waals surface area contributed by atoms with Crippen molar-refractivity contribution in [2.45, 2.75) is 6.92 Å². The largest absolute Gasteiger partial charge is 0.398 e. The van der Waals surface area contributed by atoms with E-state index in [1.165, 1.54) is 0 Å². The van der Waals surface area contributed by atoms with Gasteiger partial charge in [-0.1, -0.05) is 30.0 Å². The maximum absolute atomic E-state index is 9.03. The first-order valence-corrected chi connectivity index (χ1v) is 5.58. The highest BCUT2D eigenvalue weighted by atomic mass is 14.6. The number of nitrogens with two attached hydrogens (primary N) is 1. The first-order chi connectivity index (χ1) is 8.72. The molecule has 0 radical (unpaired) electrons. The first kappa shape index (κ1) is 11.8. The zero-order chi connectivity index (χ0) is 13.0. The predicted molar refractivity (Wildman–Crippen MR) is 72.7 cm³/mol. The number of benzene rings is 2. The number of nitriles is 1. The van der Waals surface area contributed by atoms with Crippen molar-refractivity contribution in [1.82, 2.24) is 0 Å². The van der Waals surface area contributed by atoms with Gasteiger partial charge in [-0.15, -0.1) is 0 Å². The molecular formula is C16H12N2. The topological polar surface area (TPSA) is 49.8 Å². The summed E-state index contributed by atoms with van der Waals surface area (Å²) in [5, 5.41) is 9.03. The molecule has 2 aromatic rings. The lowest BCUT2D eigenvalue weighted by Gasteiger charge is -2.03. The normalized spacial score (nSPS) is 9.11. The van der Waals surface area contributed by atoms with Crippen molar-refractivity contribution >= 4 is 5.69 Å². The molecule has 2 nitrogen and oxygen atoms in total. The second-order valence-electron chi connectivity index (χ2n) is 3.93. The Bertz CT molecular complexity index is 668. The van der Waals surface area contributed by atoms with E-state index in [9.17, 15) is 0 Å². The quantitative estimate of drug-likeness (QED) is 0.561. The first-order valence-electron chi connectivity index (χ1n) is 5.58. The third-order valence-electron chi connectivity index (χ3n) is 2.72. The molecule has 2 aromatic carbocycles. The maximum Gasteiger partial charge on any atom is 0.102 e. The smallest absolute Gasteiger partial charge is 0.102 e. The van der Waals surface area contributed by atoms with Gasteiger partial charge >= 0.3 is 0 Å². The standard InChI is InChI=1S/C16H12N2/c1-12-14(9-10-16(18)15(12)11-17)8-7-13-5-3-2-4-6-13/h2-6,9-10H,18H2,1H3. The Kier molecular flexibility index (Phi) is 3.32. The summed E-state index contributed by atoms with van der Waals surface area (Å²) in [5.74, 6) is 6.15. The van der Waals surface area contributed by atoms with E-state index in [4.69, 9.17) is 11.0 Å². The Hall–Kier alpha value is -2.71. The fourth-order valence-electron chi connectivity index (χ4n) is 1.68. The van der Waals surface area contributed by atoms with Gasteiger partial charge in [0.1, 0.15) is 6.07 Å². The average Bonchev–Trinajstić information content (AvgIpc) is 2.40. The Labute approximate surface area is 107 Å². The fourth-order valence-corrected chi connectivity index (χ4v) is 1.68. The molecule has 18 heavy (non-hydrogen) atoms. The van der Waals surface area contributed by atoms with Crippen molar-refractivity contribution in [3.8, 4) is 17.9 Å². The zero-order valence-electron chi connectivity index (χ0n) is 10.1. The van der Waals surface area contributed by atoms with E-state index in [0.717, 1.165) is 16.7 Å². The minimum atomic E-state index is 0.500. The highest BCUT2D eigenvalue weighted by molar-refractivity contribution is 5.63. The van der Waals surface area contributed by atoms with Gasteiger partial charge in [-0.3, -0.25) is 0 Å². The summed E-state index contributed by atoms with van der Waals surface area (Å²) in [6, 6.07) is 15.4. The van der Waals surface area contributed by atoms with Crippen molar-refractivity contribution in [2.75, 3.05) is 5.73 Å². The summed E-state index contributed by atoms with van der Waals surface area (Å²) in [5.41, 5.74) is 9.37. The molecule has 0 aliphatic rings. The van der Waals surface area contributed by atoms with Crippen LogP contribution in [0.4, 0.5) is 5.69 Å². The molecule has 0 aromatic heterocycles. The van der Waals surface area contributed by atoms with Gasteiger partial charge in [0.25, 0.3) is 0 Å². The van der Waals surface area contributed by atoms with Crippen molar-refractivity contribution in [1.29, 1.82) is 5.26 Å². The van der Waals surface area contributed by atoms with Crippen LogP contribution in [0.3, 0.4) is 0 Å². The molecule has 0 bridgehead atoms. The SMILES string of the molecule is Cc1c(C#Cc2ccccc2)ccc(N)c1C#N. The number of hydrogen-bond donors (Lipinski definition) is 1. The maximum atomic E-state index is 9.03. The Morgan fingerprint density at radius 1 is 1.00 bits per heavy atom. The van der Waals surface area contributed by atoms with Crippen LogP contribution in [0.15, 0.2) is 42.5 Å². The molecule has 86 valence electrons. The lowest BCUT2D eigenvalue weighted by Crippen LogP contribution is -1.95. The molecule has 2 heteroatoms. The highest BCUT2D eigenvalue weighted by Gasteiger charge is 2.05. The van der Waals surface area contributed by atoms with Gasteiger partial charge in [-0.25, -0.2) is 0 Å². The van der Waals surface area contributed by atoms with Crippen LogP contribution in [0.1, 0.15) is 22.3 Å². The van der Waals surface area contributed by atoms with Gasteiger partial charge in [0.2, 0.25) is 0 Å². The van der Waals surface area contributed by atoms with Crippen LogP contribution in [-0.2, 0) is 0 Å². The van der Waals surface area contributed by atoms with Gasteiger partial charge in [0.05, 0.1) is 5.56 Å². The van der Waals surface area contributed by atoms with Gasteiger partial charge < -0.3 is 5.73 Å².